The second-order valence-electron chi connectivity index (χ2n) is 11.1. The lowest BCUT2D eigenvalue weighted by molar-refractivity contribution is 0.127. The van der Waals surface area contributed by atoms with Gasteiger partial charge in [0.15, 0.2) is 0 Å². The third-order valence-corrected chi connectivity index (χ3v) is 8.44. The molecule has 4 heteroatoms. The first-order chi connectivity index (χ1) is 17.2. The molecule has 35 heavy (non-hydrogen) atoms. The van der Waals surface area contributed by atoms with Gasteiger partial charge in [0.05, 0.1) is 6.20 Å². The van der Waals surface area contributed by atoms with Crippen molar-refractivity contribution in [1.29, 1.82) is 0 Å². The smallest absolute Gasteiger partial charge is 0.138 e. The molecule has 2 aliphatic rings. The number of H-pyrrole nitrogens is 1. The summed E-state index contributed by atoms with van der Waals surface area (Å²) in [4.78, 5) is 10.5. The van der Waals surface area contributed by atoms with Crippen LogP contribution in [0.25, 0.3) is 22.0 Å². The Morgan fingerprint density at radius 3 is 2.54 bits per heavy atom. The summed E-state index contributed by atoms with van der Waals surface area (Å²) < 4.78 is 6.73. The van der Waals surface area contributed by atoms with E-state index in [4.69, 9.17) is 4.74 Å². The van der Waals surface area contributed by atoms with Crippen molar-refractivity contribution >= 4 is 10.9 Å². The van der Waals surface area contributed by atoms with E-state index in [-0.39, 0.29) is 6.10 Å². The summed E-state index contributed by atoms with van der Waals surface area (Å²) >= 11 is 0. The Balaban J connectivity index is 1.31. The fraction of sp³-hybridized carbons (Fsp3) is 0.581. The Bertz CT molecular complexity index is 1060. The van der Waals surface area contributed by atoms with Gasteiger partial charge in [-0.25, -0.2) is 0 Å². The molecular weight excluding hydrogens is 430 g/mol. The van der Waals surface area contributed by atoms with Crippen molar-refractivity contribution in [1.82, 2.24) is 14.9 Å². The average Bonchev–Trinajstić information content (AvgIpc) is 3.25. The number of fused-ring (bicyclic) bond motifs is 4. The number of nitrogens with one attached hydrogen (secondary N) is 1. The van der Waals surface area contributed by atoms with Gasteiger partial charge < -0.3 is 14.6 Å². The number of benzene rings is 1. The van der Waals surface area contributed by atoms with Crippen molar-refractivity contribution < 1.29 is 4.74 Å². The third-order valence-electron chi connectivity index (χ3n) is 8.44. The molecule has 3 unspecified atom stereocenters. The van der Waals surface area contributed by atoms with Gasteiger partial charge in [-0.05, 0) is 86.8 Å². The van der Waals surface area contributed by atoms with Crippen LogP contribution >= 0.6 is 0 Å². The predicted octanol–water partition coefficient (Wildman–Crippen LogP) is 7.99. The van der Waals surface area contributed by atoms with Gasteiger partial charge in [0.2, 0.25) is 0 Å². The average molecular weight is 474 g/mol. The minimum absolute atomic E-state index is 0.270. The largest absolute Gasteiger partial charge is 0.489 e. The van der Waals surface area contributed by atoms with Crippen LogP contribution in [0, 0.1) is 5.92 Å². The zero-order chi connectivity index (χ0) is 23.9. The van der Waals surface area contributed by atoms with Crippen LogP contribution in [-0.2, 0) is 0 Å². The Labute approximate surface area is 211 Å². The van der Waals surface area contributed by atoms with Crippen LogP contribution < -0.4 is 4.74 Å². The van der Waals surface area contributed by atoms with Crippen LogP contribution in [-0.4, -0.2) is 40.6 Å². The van der Waals surface area contributed by atoms with E-state index in [1.54, 1.807) is 0 Å². The van der Waals surface area contributed by atoms with Crippen molar-refractivity contribution in [2.24, 2.45) is 5.92 Å². The number of hydrogen-bond acceptors (Lipinski definition) is 3. The van der Waals surface area contributed by atoms with Crippen LogP contribution in [0.2, 0.25) is 0 Å². The second-order valence-corrected chi connectivity index (χ2v) is 11.1. The van der Waals surface area contributed by atoms with Crippen molar-refractivity contribution in [2.75, 3.05) is 13.6 Å². The lowest BCUT2D eigenvalue weighted by atomic mass is 9.92. The maximum Gasteiger partial charge on any atom is 0.138 e. The van der Waals surface area contributed by atoms with E-state index in [0.717, 1.165) is 23.7 Å². The lowest BCUT2D eigenvalue weighted by Gasteiger charge is -2.29. The first-order valence-electron chi connectivity index (χ1n) is 14.1. The van der Waals surface area contributed by atoms with Crippen LogP contribution in [0.4, 0.5) is 0 Å². The van der Waals surface area contributed by atoms with Gasteiger partial charge >= 0.3 is 0 Å². The monoisotopic (exact) mass is 473 g/mol. The van der Waals surface area contributed by atoms with Gasteiger partial charge in [-0.1, -0.05) is 57.4 Å². The quantitative estimate of drug-likeness (QED) is 0.419. The zero-order valence-electron chi connectivity index (χ0n) is 21.6. The molecule has 4 nitrogen and oxygen atoms in total. The molecule has 3 atom stereocenters. The molecule has 188 valence electrons. The summed E-state index contributed by atoms with van der Waals surface area (Å²) in [5.41, 5.74) is 3.48. The summed E-state index contributed by atoms with van der Waals surface area (Å²) in [5, 5.41) is 1.23. The van der Waals surface area contributed by atoms with Gasteiger partial charge in [-0.3, -0.25) is 4.98 Å². The zero-order valence-corrected chi connectivity index (χ0v) is 21.6. The number of aromatic nitrogens is 2. The van der Waals surface area contributed by atoms with E-state index in [2.05, 4.69) is 52.2 Å². The SMILES string of the molecule is CN1CCCCCCCCCCC2CCC1CC(Oc1cncc(-c3ccc4[nH]ccc4c3)c1)C2. The van der Waals surface area contributed by atoms with Crippen molar-refractivity contribution in [2.45, 2.75) is 95.6 Å². The summed E-state index contributed by atoms with van der Waals surface area (Å²) in [6, 6.07) is 11.5. The maximum absolute atomic E-state index is 6.73. The van der Waals surface area contributed by atoms with Gasteiger partial charge in [0.1, 0.15) is 11.9 Å². The molecule has 0 spiro atoms. The highest BCUT2D eigenvalue weighted by Gasteiger charge is 2.29. The molecule has 1 N–H and O–H groups in total. The van der Waals surface area contributed by atoms with Crippen LogP contribution in [0.3, 0.4) is 0 Å². The molecule has 1 saturated carbocycles. The Hall–Kier alpha value is -2.33. The summed E-state index contributed by atoms with van der Waals surface area (Å²) in [5.74, 6) is 1.70. The number of hydrogen-bond donors (Lipinski definition) is 1. The van der Waals surface area contributed by atoms with Crippen LogP contribution in [0.5, 0.6) is 5.75 Å². The highest BCUT2D eigenvalue weighted by Crippen LogP contribution is 2.33. The van der Waals surface area contributed by atoms with Gasteiger partial charge in [0.25, 0.3) is 0 Å². The Kier molecular flexibility index (Phi) is 8.41. The molecule has 2 bridgehead atoms. The number of rotatable bonds is 3. The minimum atomic E-state index is 0.270. The summed E-state index contributed by atoms with van der Waals surface area (Å²) in [6.45, 7) is 1.22. The van der Waals surface area contributed by atoms with E-state index in [1.165, 1.54) is 100 Å². The number of ether oxygens (including phenoxy) is 1. The summed E-state index contributed by atoms with van der Waals surface area (Å²) in [7, 11) is 2.35. The molecule has 1 saturated heterocycles. The molecule has 2 aromatic heterocycles. The van der Waals surface area contributed by atoms with E-state index in [1.807, 2.05) is 18.6 Å². The Morgan fingerprint density at radius 1 is 0.829 bits per heavy atom. The maximum atomic E-state index is 6.73. The standard InChI is InChI=1S/C31H43N3O/c1-34-17-9-7-5-3-2-4-6-8-10-24-11-13-28(34)21-29(18-24)35-30-20-27(22-32-23-30)25-12-14-31-26(19-25)15-16-33-31/h12,14-16,19-20,22-24,28-29,33H,2-11,13,17-18,21H2,1H3. The molecule has 2 fully saturated rings. The predicted molar refractivity (Wildman–Crippen MR) is 146 cm³/mol. The van der Waals surface area contributed by atoms with E-state index < -0.39 is 0 Å². The van der Waals surface area contributed by atoms with Crippen molar-refractivity contribution in [3.05, 3.63) is 48.9 Å². The first kappa shape index (κ1) is 24.4. The fourth-order valence-electron chi connectivity index (χ4n) is 6.30. The second kappa shape index (κ2) is 12.1. The molecule has 1 aliphatic carbocycles. The van der Waals surface area contributed by atoms with Gasteiger partial charge in [0, 0.05) is 29.5 Å². The van der Waals surface area contributed by atoms with Gasteiger partial charge in [-0.15, -0.1) is 0 Å². The molecule has 3 heterocycles. The van der Waals surface area contributed by atoms with Crippen molar-refractivity contribution in [3.8, 4) is 16.9 Å². The molecule has 1 aromatic carbocycles. The molecular formula is C31H43N3O. The highest BCUT2D eigenvalue weighted by molar-refractivity contribution is 5.85. The van der Waals surface area contributed by atoms with Crippen molar-refractivity contribution in [3.63, 3.8) is 0 Å². The Morgan fingerprint density at radius 2 is 1.66 bits per heavy atom. The summed E-state index contributed by atoms with van der Waals surface area (Å²) in [6.07, 6.45) is 23.7. The van der Waals surface area contributed by atoms with Crippen LogP contribution in [0.15, 0.2) is 48.9 Å². The normalized spacial score (nSPS) is 25.6. The molecule has 1 aliphatic heterocycles. The number of nitrogens with zero attached hydrogens (tertiary/aromatic N) is 2. The fourth-order valence-corrected chi connectivity index (χ4v) is 6.30. The third kappa shape index (κ3) is 6.67. The van der Waals surface area contributed by atoms with E-state index in [9.17, 15) is 0 Å². The highest BCUT2D eigenvalue weighted by atomic mass is 16.5. The number of aromatic amines is 1. The molecule has 5 rings (SSSR count). The molecule has 0 amide bonds. The molecule has 3 aromatic rings. The first-order valence-corrected chi connectivity index (χ1v) is 14.1. The van der Waals surface area contributed by atoms with Gasteiger partial charge in [-0.2, -0.15) is 0 Å². The number of pyridine rings is 1. The van der Waals surface area contributed by atoms with E-state index >= 15 is 0 Å². The topological polar surface area (TPSA) is 41.1 Å². The molecule has 0 radical (unpaired) electrons. The van der Waals surface area contributed by atoms with E-state index in [0.29, 0.717) is 6.04 Å². The lowest BCUT2D eigenvalue weighted by Crippen LogP contribution is -2.35. The van der Waals surface area contributed by atoms with Crippen LogP contribution in [0.1, 0.15) is 83.5 Å². The minimum Gasteiger partial charge on any atom is -0.489 e.